The van der Waals surface area contributed by atoms with E-state index in [1.54, 1.807) is 40.1 Å². The van der Waals surface area contributed by atoms with Crippen molar-refractivity contribution in [3.05, 3.63) is 54.1 Å². The van der Waals surface area contributed by atoms with Crippen molar-refractivity contribution in [2.24, 2.45) is 0 Å². The van der Waals surface area contributed by atoms with Gasteiger partial charge in [-0.15, -0.1) is 0 Å². The number of carbonyl (C=O) groups excluding carboxylic acids is 3. The fourth-order valence-corrected chi connectivity index (χ4v) is 6.47. The van der Waals surface area contributed by atoms with E-state index in [0.717, 1.165) is 5.56 Å². The molecule has 0 bridgehead atoms. The molecular weight excluding hydrogens is 468 g/mol. The van der Waals surface area contributed by atoms with Gasteiger partial charge in [0.25, 0.3) is 0 Å². The first-order chi connectivity index (χ1) is 16.7. The SMILES string of the molecule is CCN(C(=O)CN1c2ccccc2NC(=O)[C@H]1CC(=O)Nc1ccccc1C)[C@@H]1CCS(=O)(=O)C1. The van der Waals surface area contributed by atoms with Crippen LogP contribution in [0.25, 0.3) is 0 Å². The number of likely N-dealkylation sites (N-methyl/N-ethyl adjacent to an activating group) is 1. The molecule has 1 fully saturated rings. The van der Waals surface area contributed by atoms with Gasteiger partial charge in [0, 0.05) is 18.3 Å². The molecule has 2 aromatic rings. The second kappa shape index (κ2) is 10.1. The highest BCUT2D eigenvalue weighted by Crippen LogP contribution is 2.33. The lowest BCUT2D eigenvalue weighted by molar-refractivity contribution is -0.131. The Morgan fingerprint density at radius 3 is 2.54 bits per heavy atom. The molecule has 2 aliphatic heterocycles. The lowest BCUT2D eigenvalue weighted by atomic mass is 10.0. The molecule has 2 atom stereocenters. The number of rotatable bonds is 7. The number of nitrogens with one attached hydrogen (secondary N) is 2. The average molecular weight is 499 g/mol. The molecule has 0 aromatic heterocycles. The van der Waals surface area contributed by atoms with E-state index in [1.807, 2.05) is 32.0 Å². The molecule has 2 heterocycles. The van der Waals surface area contributed by atoms with Crippen molar-refractivity contribution >= 4 is 44.6 Å². The minimum atomic E-state index is -3.16. The molecule has 0 saturated carbocycles. The van der Waals surface area contributed by atoms with Gasteiger partial charge in [-0.05, 0) is 44.0 Å². The van der Waals surface area contributed by atoms with Gasteiger partial charge >= 0.3 is 0 Å². The van der Waals surface area contributed by atoms with E-state index in [0.29, 0.717) is 30.0 Å². The minimum absolute atomic E-state index is 0.0497. The van der Waals surface area contributed by atoms with Crippen LogP contribution in [0.5, 0.6) is 0 Å². The number of hydrogen-bond acceptors (Lipinski definition) is 6. The zero-order chi connectivity index (χ0) is 25.2. The number of carbonyl (C=O) groups is 3. The Morgan fingerprint density at radius 1 is 1.14 bits per heavy atom. The molecule has 0 unspecified atom stereocenters. The molecule has 2 aliphatic rings. The molecule has 35 heavy (non-hydrogen) atoms. The number of hydrogen-bond donors (Lipinski definition) is 2. The molecule has 1 saturated heterocycles. The van der Waals surface area contributed by atoms with Crippen molar-refractivity contribution in [3.8, 4) is 0 Å². The minimum Gasteiger partial charge on any atom is -0.348 e. The normalized spacial score (nSPS) is 20.6. The third kappa shape index (κ3) is 5.48. The van der Waals surface area contributed by atoms with Gasteiger partial charge in [-0.25, -0.2) is 8.42 Å². The standard InChI is InChI=1S/C25H30N4O5S/c1-3-28(18-12-13-35(33,34)16-18)24(31)15-29-21-11-7-6-10-20(21)27-25(32)22(29)14-23(30)26-19-9-5-4-8-17(19)2/h4-11,18,22H,3,12-16H2,1-2H3,(H,26,30)(H,27,32)/t18-,22-/m1/s1. The Bertz CT molecular complexity index is 1250. The van der Waals surface area contributed by atoms with Gasteiger partial charge in [-0.1, -0.05) is 30.3 Å². The van der Waals surface area contributed by atoms with Crippen molar-refractivity contribution < 1.29 is 22.8 Å². The summed E-state index contributed by atoms with van der Waals surface area (Å²) in [6.07, 6.45) is 0.257. The molecule has 2 aromatic carbocycles. The fraction of sp³-hybridized carbons (Fsp3) is 0.400. The number of anilines is 3. The Morgan fingerprint density at radius 2 is 1.86 bits per heavy atom. The Labute approximate surface area is 205 Å². The Hall–Kier alpha value is -3.40. The molecule has 4 rings (SSSR count). The molecule has 3 amide bonds. The maximum Gasteiger partial charge on any atom is 0.247 e. The van der Waals surface area contributed by atoms with Gasteiger partial charge < -0.3 is 20.4 Å². The van der Waals surface area contributed by atoms with E-state index in [1.165, 1.54) is 0 Å². The summed E-state index contributed by atoms with van der Waals surface area (Å²) in [5.74, 6) is -0.971. The molecule has 0 aliphatic carbocycles. The van der Waals surface area contributed by atoms with Crippen molar-refractivity contribution in [1.82, 2.24) is 4.90 Å². The first-order valence-electron chi connectivity index (χ1n) is 11.7. The summed E-state index contributed by atoms with van der Waals surface area (Å²) in [4.78, 5) is 42.6. The van der Waals surface area contributed by atoms with Gasteiger partial charge in [-0.3, -0.25) is 14.4 Å². The van der Waals surface area contributed by atoms with Crippen LogP contribution in [0.1, 0.15) is 25.3 Å². The molecular formula is C25H30N4O5S. The van der Waals surface area contributed by atoms with Crippen LogP contribution >= 0.6 is 0 Å². The van der Waals surface area contributed by atoms with Gasteiger partial charge in [0.15, 0.2) is 9.84 Å². The van der Waals surface area contributed by atoms with Crippen LogP contribution in [-0.2, 0) is 24.2 Å². The topological polar surface area (TPSA) is 116 Å². The monoisotopic (exact) mass is 498 g/mol. The second-order valence-corrected chi connectivity index (χ2v) is 11.2. The second-order valence-electron chi connectivity index (χ2n) is 8.95. The summed E-state index contributed by atoms with van der Waals surface area (Å²) in [5, 5.41) is 5.69. The number of para-hydroxylation sites is 3. The lowest BCUT2D eigenvalue weighted by Gasteiger charge is -2.39. The first-order valence-corrected chi connectivity index (χ1v) is 13.5. The van der Waals surface area contributed by atoms with Crippen LogP contribution in [0, 0.1) is 6.92 Å². The van der Waals surface area contributed by atoms with Crippen LogP contribution in [0.15, 0.2) is 48.5 Å². The van der Waals surface area contributed by atoms with Crippen LogP contribution in [0.3, 0.4) is 0 Å². The molecule has 2 N–H and O–H groups in total. The third-order valence-corrected chi connectivity index (χ3v) is 8.31. The maximum atomic E-state index is 13.4. The highest BCUT2D eigenvalue weighted by Gasteiger charge is 2.38. The lowest BCUT2D eigenvalue weighted by Crippen LogP contribution is -2.54. The zero-order valence-corrected chi connectivity index (χ0v) is 20.7. The smallest absolute Gasteiger partial charge is 0.247 e. The highest BCUT2D eigenvalue weighted by atomic mass is 32.2. The highest BCUT2D eigenvalue weighted by molar-refractivity contribution is 7.91. The van der Waals surface area contributed by atoms with E-state index in [2.05, 4.69) is 10.6 Å². The van der Waals surface area contributed by atoms with E-state index >= 15 is 0 Å². The van der Waals surface area contributed by atoms with Crippen LogP contribution in [0.4, 0.5) is 17.1 Å². The summed E-state index contributed by atoms with van der Waals surface area (Å²) in [6, 6.07) is 13.2. The fourth-order valence-electron chi connectivity index (χ4n) is 4.74. The summed E-state index contributed by atoms with van der Waals surface area (Å²) in [7, 11) is -3.16. The van der Waals surface area contributed by atoms with Crippen LogP contribution < -0.4 is 15.5 Å². The van der Waals surface area contributed by atoms with Crippen molar-refractivity contribution in [1.29, 1.82) is 0 Å². The molecule has 9 nitrogen and oxygen atoms in total. The van der Waals surface area contributed by atoms with E-state index in [9.17, 15) is 22.8 Å². The predicted molar refractivity (Wildman–Crippen MR) is 135 cm³/mol. The number of aryl methyl sites for hydroxylation is 1. The number of nitrogens with zero attached hydrogens (tertiary/aromatic N) is 2. The molecule has 0 radical (unpaired) electrons. The van der Waals surface area contributed by atoms with E-state index in [4.69, 9.17) is 0 Å². The van der Waals surface area contributed by atoms with Crippen LogP contribution in [-0.4, -0.2) is 67.7 Å². The molecule has 186 valence electrons. The summed E-state index contributed by atoms with van der Waals surface area (Å²) in [6.45, 7) is 3.91. The maximum absolute atomic E-state index is 13.4. The molecule has 10 heteroatoms. The van der Waals surface area contributed by atoms with E-state index < -0.39 is 15.9 Å². The molecule has 0 spiro atoms. The number of sulfone groups is 1. The van der Waals surface area contributed by atoms with Crippen LogP contribution in [0.2, 0.25) is 0 Å². The van der Waals surface area contributed by atoms with Gasteiger partial charge in [0.2, 0.25) is 17.7 Å². The summed E-state index contributed by atoms with van der Waals surface area (Å²) >= 11 is 0. The average Bonchev–Trinajstić information content (AvgIpc) is 3.17. The zero-order valence-electron chi connectivity index (χ0n) is 19.9. The predicted octanol–water partition coefficient (Wildman–Crippen LogP) is 2.19. The van der Waals surface area contributed by atoms with Crippen molar-refractivity contribution in [3.63, 3.8) is 0 Å². The summed E-state index contributed by atoms with van der Waals surface area (Å²) in [5.41, 5.74) is 2.77. The Balaban J connectivity index is 1.57. The largest absolute Gasteiger partial charge is 0.348 e. The Kier molecular flexibility index (Phi) is 7.11. The van der Waals surface area contributed by atoms with Gasteiger partial charge in [-0.2, -0.15) is 0 Å². The number of benzene rings is 2. The van der Waals surface area contributed by atoms with Crippen molar-refractivity contribution in [2.45, 2.75) is 38.8 Å². The number of fused-ring (bicyclic) bond motifs is 1. The quantitative estimate of drug-likeness (QED) is 0.605. The van der Waals surface area contributed by atoms with Gasteiger partial charge in [0.1, 0.15) is 6.04 Å². The summed E-state index contributed by atoms with van der Waals surface area (Å²) < 4.78 is 24.0. The van der Waals surface area contributed by atoms with Crippen molar-refractivity contribution in [2.75, 3.05) is 40.1 Å². The third-order valence-electron chi connectivity index (χ3n) is 6.56. The van der Waals surface area contributed by atoms with E-state index in [-0.39, 0.29) is 48.2 Å². The number of amides is 3. The van der Waals surface area contributed by atoms with Gasteiger partial charge in [0.05, 0.1) is 35.8 Å². The first kappa shape index (κ1) is 24.7.